The number of carbonyl (C=O) groups excluding carboxylic acids is 1. The fourth-order valence-electron chi connectivity index (χ4n) is 2.49. The lowest BCUT2D eigenvalue weighted by atomic mass is 9.95. The van der Waals surface area contributed by atoms with Crippen LogP contribution in [0.25, 0.3) is 0 Å². The molecule has 3 N–H and O–H groups in total. The van der Waals surface area contributed by atoms with E-state index in [2.05, 4.69) is 22.8 Å². The van der Waals surface area contributed by atoms with Crippen LogP contribution in [0.5, 0.6) is 0 Å². The van der Waals surface area contributed by atoms with Gasteiger partial charge in [-0.1, -0.05) is 24.3 Å². The first-order chi connectivity index (χ1) is 9.65. The van der Waals surface area contributed by atoms with Gasteiger partial charge in [-0.05, 0) is 30.7 Å². The van der Waals surface area contributed by atoms with Gasteiger partial charge < -0.3 is 15.7 Å². The Hall–Kier alpha value is -1.04. The van der Waals surface area contributed by atoms with E-state index >= 15 is 0 Å². The summed E-state index contributed by atoms with van der Waals surface area (Å²) in [5.41, 5.74) is 2.50. The molecule has 3 atom stereocenters. The second kappa shape index (κ2) is 7.11. The highest BCUT2D eigenvalue weighted by Gasteiger charge is 2.26. The quantitative estimate of drug-likeness (QED) is 0.756. The van der Waals surface area contributed by atoms with Crippen molar-refractivity contribution in [3.63, 3.8) is 0 Å². The Balaban J connectivity index is 1.95. The largest absolute Gasteiger partial charge is 0.395 e. The second-order valence-corrected chi connectivity index (χ2v) is 6.24. The lowest BCUT2D eigenvalue weighted by Crippen LogP contribution is -2.52. The number of carbonyl (C=O) groups is 1. The fraction of sp³-hybridized carbons (Fsp3) is 0.533. The zero-order valence-corrected chi connectivity index (χ0v) is 12.7. The molecule has 1 aromatic rings. The third-order valence-electron chi connectivity index (χ3n) is 3.81. The average Bonchev–Trinajstić information content (AvgIpc) is 2.48. The number of amides is 1. The maximum absolute atomic E-state index is 12.3. The molecule has 0 saturated heterocycles. The first kappa shape index (κ1) is 15.4. The first-order valence-electron chi connectivity index (χ1n) is 6.90. The highest BCUT2D eigenvalue weighted by Crippen LogP contribution is 2.17. The van der Waals surface area contributed by atoms with Crippen molar-refractivity contribution < 1.29 is 9.90 Å². The van der Waals surface area contributed by atoms with E-state index in [1.165, 1.54) is 11.1 Å². The third-order valence-corrected chi connectivity index (χ3v) is 4.97. The number of aliphatic hydroxyl groups excluding tert-OH is 1. The van der Waals surface area contributed by atoms with Crippen molar-refractivity contribution in [3.8, 4) is 0 Å². The zero-order valence-electron chi connectivity index (χ0n) is 11.9. The van der Waals surface area contributed by atoms with E-state index in [1.54, 1.807) is 11.8 Å². The normalized spacial score (nSPS) is 20.9. The van der Waals surface area contributed by atoms with Crippen LogP contribution in [0.4, 0.5) is 0 Å². The predicted molar refractivity (Wildman–Crippen MR) is 82.8 cm³/mol. The van der Waals surface area contributed by atoms with E-state index in [0.717, 1.165) is 13.0 Å². The van der Waals surface area contributed by atoms with Gasteiger partial charge in [-0.3, -0.25) is 4.79 Å². The first-order valence-corrected chi connectivity index (χ1v) is 8.18. The van der Waals surface area contributed by atoms with E-state index in [4.69, 9.17) is 0 Å². The Morgan fingerprint density at radius 3 is 2.85 bits per heavy atom. The van der Waals surface area contributed by atoms with Gasteiger partial charge in [0, 0.05) is 17.8 Å². The Morgan fingerprint density at radius 1 is 1.50 bits per heavy atom. The van der Waals surface area contributed by atoms with Crippen LogP contribution in [0.2, 0.25) is 0 Å². The summed E-state index contributed by atoms with van der Waals surface area (Å²) in [4.78, 5) is 12.3. The Morgan fingerprint density at radius 2 is 2.20 bits per heavy atom. The van der Waals surface area contributed by atoms with Crippen molar-refractivity contribution in [2.75, 3.05) is 12.9 Å². The number of thioether (sulfide) groups is 1. The molecule has 1 aromatic carbocycles. The summed E-state index contributed by atoms with van der Waals surface area (Å²) in [6.45, 7) is 2.74. The molecule has 1 aliphatic heterocycles. The van der Waals surface area contributed by atoms with Gasteiger partial charge in [-0.2, -0.15) is 11.8 Å². The molecular weight excluding hydrogens is 272 g/mol. The number of aliphatic hydroxyl groups is 1. The third kappa shape index (κ3) is 3.53. The lowest BCUT2D eigenvalue weighted by molar-refractivity contribution is -0.124. The van der Waals surface area contributed by atoms with E-state index in [0.29, 0.717) is 0 Å². The van der Waals surface area contributed by atoms with Gasteiger partial charge in [0.15, 0.2) is 0 Å². The molecule has 0 fully saturated rings. The Labute approximate surface area is 124 Å². The van der Waals surface area contributed by atoms with Gasteiger partial charge in [-0.15, -0.1) is 0 Å². The fourth-order valence-corrected chi connectivity index (χ4v) is 3.12. The number of benzene rings is 1. The topological polar surface area (TPSA) is 61.4 Å². The van der Waals surface area contributed by atoms with Gasteiger partial charge in [0.25, 0.3) is 0 Å². The van der Waals surface area contributed by atoms with Gasteiger partial charge in [0.05, 0.1) is 12.6 Å². The minimum Gasteiger partial charge on any atom is -0.395 e. The monoisotopic (exact) mass is 294 g/mol. The van der Waals surface area contributed by atoms with E-state index in [9.17, 15) is 9.90 Å². The van der Waals surface area contributed by atoms with Crippen LogP contribution in [0.1, 0.15) is 18.1 Å². The standard InChI is InChI=1S/C15H22N2O2S/c1-10(14(9-18)20-2)17-15(19)13-7-11-5-3-4-6-12(11)8-16-13/h3-6,10,13-14,16,18H,7-9H2,1-2H3,(H,17,19)/t10?,13-,14?/m1/s1. The highest BCUT2D eigenvalue weighted by atomic mass is 32.2. The molecule has 1 amide bonds. The summed E-state index contributed by atoms with van der Waals surface area (Å²) in [5.74, 6) is 0.0134. The van der Waals surface area contributed by atoms with E-state index < -0.39 is 0 Å². The van der Waals surface area contributed by atoms with Crippen molar-refractivity contribution in [3.05, 3.63) is 35.4 Å². The average molecular weight is 294 g/mol. The van der Waals surface area contributed by atoms with Crippen LogP contribution in [0, 0.1) is 0 Å². The molecule has 0 aromatic heterocycles. The van der Waals surface area contributed by atoms with Crippen LogP contribution < -0.4 is 10.6 Å². The Kier molecular flexibility index (Phi) is 5.46. The van der Waals surface area contributed by atoms with Gasteiger partial charge in [0.2, 0.25) is 5.91 Å². The molecule has 0 spiro atoms. The molecule has 110 valence electrons. The number of rotatable bonds is 5. The summed E-state index contributed by atoms with van der Waals surface area (Å²) in [6.07, 6.45) is 2.66. The summed E-state index contributed by atoms with van der Waals surface area (Å²) >= 11 is 1.57. The van der Waals surface area contributed by atoms with Crippen molar-refractivity contribution in [2.24, 2.45) is 0 Å². The molecule has 5 heteroatoms. The predicted octanol–water partition coefficient (Wildman–Crippen LogP) is 0.929. The molecule has 2 unspecified atom stereocenters. The maximum Gasteiger partial charge on any atom is 0.237 e. The molecule has 4 nitrogen and oxygen atoms in total. The van der Waals surface area contributed by atoms with Crippen molar-refractivity contribution in [1.82, 2.24) is 10.6 Å². The smallest absolute Gasteiger partial charge is 0.237 e. The van der Waals surface area contributed by atoms with Crippen molar-refractivity contribution >= 4 is 17.7 Å². The molecule has 1 aliphatic rings. The number of nitrogens with one attached hydrogen (secondary N) is 2. The molecule has 0 aliphatic carbocycles. The summed E-state index contributed by atoms with van der Waals surface area (Å²) in [5, 5.41) is 15.6. The maximum atomic E-state index is 12.3. The number of fused-ring (bicyclic) bond motifs is 1. The molecule has 0 saturated carbocycles. The van der Waals surface area contributed by atoms with Crippen molar-refractivity contribution in [1.29, 1.82) is 0 Å². The van der Waals surface area contributed by atoms with Crippen LogP contribution >= 0.6 is 11.8 Å². The Bertz CT molecular complexity index is 463. The minimum atomic E-state index is -0.187. The van der Waals surface area contributed by atoms with Crippen LogP contribution in [0.3, 0.4) is 0 Å². The molecule has 1 heterocycles. The second-order valence-electron chi connectivity index (χ2n) is 5.16. The van der Waals surface area contributed by atoms with Gasteiger partial charge in [0.1, 0.15) is 0 Å². The molecule has 2 rings (SSSR count). The zero-order chi connectivity index (χ0) is 14.5. The SMILES string of the molecule is CSC(CO)C(C)NC(=O)[C@H]1Cc2ccccc2CN1. The van der Waals surface area contributed by atoms with Crippen molar-refractivity contribution in [2.45, 2.75) is 37.2 Å². The highest BCUT2D eigenvalue weighted by molar-refractivity contribution is 7.99. The summed E-state index contributed by atoms with van der Waals surface area (Å²) in [6, 6.07) is 7.98. The van der Waals surface area contributed by atoms with E-state index in [-0.39, 0.29) is 29.8 Å². The summed E-state index contributed by atoms with van der Waals surface area (Å²) in [7, 11) is 0. The van der Waals surface area contributed by atoms with Gasteiger partial charge in [-0.25, -0.2) is 0 Å². The number of hydrogen-bond acceptors (Lipinski definition) is 4. The molecule has 0 bridgehead atoms. The summed E-state index contributed by atoms with van der Waals surface area (Å²) < 4.78 is 0. The molecule has 0 radical (unpaired) electrons. The van der Waals surface area contributed by atoms with Gasteiger partial charge >= 0.3 is 0 Å². The molecule has 20 heavy (non-hydrogen) atoms. The van der Waals surface area contributed by atoms with E-state index in [1.807, 2.05) is 25.3 Å². The van der Waals surface area contributed by atoms with Crippen LogP contribution in [0.15, 0.2) is 24.3 Å². The van der Waals surface area contributed by atoms with Crippen LogP contribution in [-0.4, -0.2) is 41.2 Å². The minimum absolute atomic E-state index is 0.0134. The molecular formula is C15H22N2O2S. The van der Waals surface area contributed by atoms with Crippen LogP contribution in [-0.2, 0) is 17.8 Å². The lowest BCUT2D eigenvalue weighted by Gasteiger charge is -2.28. The number of hydrogen-bond donors (Lipinski definition) is 3.